The van der Waals surface area contributed by atoms with Gasteiger partial charge in [0.2, 0.25) is 0 Å². The molecule has 1 aromatic rings. The van der Waals surface area contributed by atoms with Crippen LogP contribution in [0.3, 0.4) is 0 Å². The highest BCUT2D eigenvalue weighted by atomic mass is 35.5. The second kappa shape index (κ2) is 3.96. The molecule has 1 aliphatic carbocycles. The summed E-state index contributed by atoms with van der Waals surface area (Å²) in [5.74, 6) is 1.74. The van der Waals surface area contributed by atoms with Gasteiger partial charge in [-0.15, -0.1) is 11.6 Å². The predicted octanol–water partition coefficient (Wildman–Crippen LogP) is 4.09. The molecule has 0 aromatic heterocycles. The predicted molar refractivity (Wildman–Crippen MR) is 66.2 cm³/mol. The van der Waals surface area contributed by atoms with Crippen molar-refractivity contribution in [2.45, 2.75) is 44.1 Å². The first kappa shape index (κ1) is 10.5. The highest BCUT2D eigenvalue weighted by molar-refractivity contribution is 6.21. The van der Waals surface area contributed by atoms with Gasteiger partial charge in [-0.05, 0) is 42.9 Å². The fraction of sp³-hybridized carbons (Fsp3) is 0.571. The van der Waals surface area contributed by atoms with Crippen LogP contribution in [0.25, 0.3) is 0 Å². The van der Waals surface area contributed by atoms with Crippen LogP contribution in [0.4, 0.5) is 0 Å². The maximum atomic E-state index is 6.51. The van der Waals surface area contributed by atoms with Crippen LogP contribution in [-0.4, -0.2) is 6.10 Å². The topological polar surface area (TPSA) is 9.23 Å². The van der Waals surface area contributed by atoms with Crippen molar-refractivity contribution in [3.8, 4) is 5.75 Å². The zero-order valence-electron chi connectivity index (χ0n) is 9.58. The summed E-state index contributed by atoms with van der Waals surface area (Å²) >= 11 is 6.51. The Bertz CT molecular complexity index is 398. The van der Waals surface area contributed by atoms with Crippen LogP contribution in [0.2, 0.25) is 0 Å². The highest BCUT2D eigenvalue weighted by Gasteiger charge is 2.28. The molecule has 1 fully saturated rings. The maximum absolute atomic E-state index is 6.51. The van der Waals surface area contributed by atoms with Gasteiger partial charge in [0.15, 0.2) is 0 Å². The van der Waals surface area contributed by atoms with Crippen LogP contribution in [-0.2, 0) is 6.42 Å². The molecule has 0 radical (unpaired) electrons. The Morgan fingerprint density at radius 2 is 2.19 bits per heavy atom. The van der Waals surface area contributed by atoms with Crippen LogP contribution in [0, 0.1) is 5.92 Å². The van der Waals surface area contributed by atoms with Crippen LogP contribution in [0.15, 0.2) is 18.2 Å². The third-order valence-corrected chi connectivity index (χ3v) is 4.41. The number of hydrogen-bond acceptors (Lipinski definition) is 1. The summed E-state index contributed by atoms with van der Waals surface area (Å²) in [6.07, 6.45) is 5.27. The largest absolute Gasteiger partial charge is 0.490 e. The van der Waals surface area contributed by atoms with E-state index in [1.54, 1.807) is 0 Å². The molecule has 1 saturated carbocycles. The minimum Gasteiger partial charge on any atom is -0.490 e. The van der Waals surface area contributed by atoms with Gasteiger partial charge in [0.05, 0.1) is 5.38 Å². The van der Waals surface area contributed by atoms with E-state index in [4.69, 9.17) is 16.3 Å². The molecule has 0 N–H and O–H groups in total. The minimum atomic E-state index is 0.204. The van der Waals surface area contributed by atoms with Crippen LogP contribution >= 0.6 is 11.6 Å². The van der Waals surface area contributed by atoms with Gasteiger partial charge in [0.25, 0.3) is 0 Å². The van der Waals surface area contributed by atoms with Gasteiger partial charge in [-0.2, -0.15) is 0 Å². The molecule has 1 aliphatic heterocycles. The molecule has 1 aromatic carbocycles. The fourth-order valence-electron chi connectivity index (χ4n) is 2.62. The lowest BCUT2D eigenvalue weighted by molar-refractivity contribution is 0.254. The van der Waals surface area contributed by atoms with Gasteiger partial charge in [-0.1, -0.05) is 18.6 Å². The zero-order valence-corrected chi connectivity index (χ0v) is 10.3. The van der Waals surface area contributed by atoms with Crippen molar-refractivity contribution in [3.63, 3.8) is 0 Å². The molecule has 0 amide bonds. The quantitative estimate of drug-likeness (QED) is 0.703. The van der Waals surface area contributed by atoms with Crippen molar-refractivity contribution in [2.24, 2.45) is 5.92 Å². The van der Waals surface area contributed by atoms with Crippen molar-refractivity contribution in [1.29, 1.82) is 0 Å². The van der Waals surface area contributed by atoms with Crippen LogP contribution < -0.4 is 4.74 Å². The Labute approximate surface area is 102 Å². The molecule has 0 bridgehead atoms. The lowest BCUT2D eigenvalue weighted by Gasteiger charge is -2.30. The molecule has 2 unspecified atom stereocenters. The first-order chi connectivity index (χ1) is 7.74. The number of halogens is 1. The van der Waals surface area contributed by atoms with Gasteiger partial charge in [0, 0.05) is 6.42 Å². The molecule has 0 spiro atoms. The highest BCUT2D eigenvalue weighted by Crippen LogP contribution is 2.43. The molecular formula is C14H17ClO. The first-order valence-corrected chi connectivity index (χ1v) is 6.61. The van der Waals surface area contributed by atoms with E-state index < -0.39 is 0 Å². The molecule has 3 rings (SSSR count). The molecule has 2 aliphatic rings. The van der Waals surface area contributed by atoms with Gasteiger partial charge < -0.3 is 4.74 Å². The minimum absolute atomic E-state index is 0.204. The SMILES string of the molecule is CC1Cc2cc(C(Cl)C3CCC3)ccc2O1. The average Bonchev–Trinajstić information content (AvgIpc) is 2.53. The third-order valence-electron chi connectivity index (χ3n) is 3.80. The van der Waals surface area contributed by atoms with Gasteiger partial charge in [-0.3, -0.25) is 0 Å². The van der Waals surface area contributed by atoms with Gasteiger partial charge in [0.1, 0.15) is 11.9 Å². The Morgan fingerprint density at radius 3 is 2.88 bits per heavy atom. The molecule has 1 heterocycles. The van der Waals surface area contributed by atoms with E-state index in [0.29, 0.717) is 12.0 Å². The maximum Gasteiger partial charge on any atom is 0.123 e. The monoisotopic (exact) mass is 236 g/mol. The van der Waals surface area contributed by atoms with Crippen molar-refractivity contribution < 1.29 is 4.74 Å². The number of rotatable bonds is 2. The van der Waals surface area contributed by atoms with Crippen LogP contribution in [0.5, 0.6) is 5.75 Å². The molecule has 86 valence electrons. The van der Waals surface area contributed by atoms with E-state index in [0.717, 1.165) is 12.2 Å². The summed E-state index contributed by atoms with van der Waals surface area (Å²) in [6.45, 7) is 2.11. The van der Waals surface area contributed by atoms with Crippen molar-refractivity contribution >= 4 is 11.6 Å². The number of benzene rings is 1. The smallest absolute Gasteiger partial charge is 0.123 e. The van der Waals surface area contributed by atoms with E-state index in [1.807, 2.05) is 0 Å². The van der Waals surface area contributed by atoms with Gasteiger partial charge >= 0.3 is 0 Å². The number of hydrogen-bond donors (Lipinski definition) is 0. The molecule has 2 atom stereocenters. The Hall–Kier alpha value is -0.690. The molecule has 16 heavy (non-hydrogen) atoms. The average molecular weight is 237 g/mol. The standard InChI is InChI=1S/C14H17ClO/c1-9-7-12-8-11(5-6-13(12)16-9)14(15)10-3-2-4-10/h5-6,8-10,14H,2-4,7H2,1H3. The summed E-state index contributed by atoms with van der Waals surface area (Å²) < 4.78 is 5.70. The molecular weight excluding hydrogens is 220 g/mol. The summed E-state index contributed by atoms with van der Waals surface area (Å²) in [4.78, 5) is 0. The normalized spacial score (nSPS) is 25.8. The van der Waals surface area contributed by atoms with E-state index in [1.165, 1.54) is 30.4 Å². The summed E-state index contributed by atoms with van der Waals surface area (Å²) in [7, 11) is 0. The van der Waals surface area contributed by atoms with Crippen molar-refractivity contribution in [1.82, 2.24) is 0 Å². The Kier molecular flexibility index (Phi) is 2.59. The summed E-state index contributed by atoms with van der Waals surface area (Å²) in [5, 5.41) is 0.204. The van der Waals surface area contributed by atoms with E-state index >= 15 is 0 Å². The number of fused-ring (bicyclic) bond motifs is 1. The lowest BCUT2D eigenvalue weighted by atomic mass is 9.80. The molecule has 2 heteroatoms. The first-order valence-electron chi connectivity index (χ1n) is 6.17. The van der Waals surface area contributed by atoms with E-state index in [2.05, 4.69) is 25.1 Å². The lowest BCUT2D eigenvalue weighted by Crippen LogP contribution is -2.16. The van der Waals surface area contributed by atoms with E-state index in [-0.39, 0.29) is 5.38 Å². The Balaban J connectivity index is 1.84. The molecule has 0 saturated heterocycles. The third kappa shape index (κ3) is 1.71. The Morgan fingerprint density at radius 1 is 1.38 bits per heavy atom. The van der Waals surface area contributed by atoms with E-state index in [9.17, 15) is 0 Å². The van der Waals surface area contributed by atoms with Crippen molar-refractivity contribution in [2.75, 3.05) is 0 Å². The zero-order chi connectivity index (χ0) is 11.1. The molecule has 1 nitrogen and oxygen atoms in total. The van der Waals surface area contributed by atoms with Crippen molar-refractivity contribution in [3.05, 3.63) is 29.3 Å². The number of ether oxygens (including phenoxy) is 1. The second-order valence-corrected chi connectivity index (χ2v) is 5.56. The summed E-state index contributed by atoms with van der Waals surface area (Å²) in [6, 6.07) is 6.46. The number of alkyl halides is 1. The van der Waals surface area contributed by atoms with Crippen LogP contribution in [0.1, 0.15) is 42.7 Å². The second-order valence-electron chi connectivity index (χ2n) is 5.09. The fourth-order valence-corrected chi connectivity index (χ4v) is 3.01. The summed E-state index contributed by atoms with van der Waals surface area (Å²) in [5.41, 5.74) is 2.61. The van der Waals surface area contributed by atoms with Gasteiger partial charge in [-0.25, -0.2) is 0 Å².